The lowest BCUT2D eigenvalue weighted by atomic mass is 9.84. The average molecular weight is 595 g/mol. The number of alkyl carbamates (subject to hydrolysis) is 1. The maximum absolute atomic E-state index is 13.5. The van der Waals surface area contributed by atoms with Gasteiger partial charge in [0, 0.05) is 31.2 Å². The fourth-order valence-electron chi connectivity index (χ4n) is 5.04. The first-order valence-corrected chi connectivity index (χ1v) is 15.5. The van der Waals surface area contributed by atoms with Gasteiger partial charge >= 0.3 is 6.09 Å². The van der Waals surface area contributed by atoms with Crippen LogP contribution in [0.3, 0.4) is 0 Å². The number of nitrogen functional groups attached to an aromatic ring is 1. The number of nitrogens with two attached hydrogens (primary N) is 1. The Bertz CT molecular complexity index is 1360. The molecule has 0 aromatic heterocycles. The van der Waals surface area contributed by atoms with Crippen LogP contribution in [0.25, 0.3) is 0 Å². The van der Waals surface area contributed by atoms with Crippen molar-refractivity contribution in [1.82, 2.24) is 16.0 Å². The van der Waals surface area contributed by atoms with Crippen molar-refractivity contribution >= 4 is 27.5 Å². The molecule has 3 unspecified atom stereocenters. The Morgan fingerprint density at radius 2 is 1.57 bits per heavy atom. The van der Waals surface area contributed by atoms with Gasteiger partial charge < -0.3 is 31.2 Å². The molecule has 0 aliphatic carbocycles. The second-order valence-corrected chi connectivity index (χ2v) is 12.2. The summed E-state index contributed by atoms with van der Waals surface area (Å²) in [6.45, 7) is 1.13. The summed E-state index contributed by atoms with van der Waals surface area (Å²) < 4.78 is 36.8. The molecule has 0 saturated carbocycles. The first kappa shape index (κ1) is 31.0. The van der Waals surface area contributed by atoms with E-state index in [1.165, 1.54) is 19.2 Å². The predicted molar refractivity (Wildman–Crippen MR) is 160 cm³/mol. The SMILES string of the molecule is COC(=O)NC(C(=O)NCCCCC1CNCC(S(=O)(=O)c2ccc(N)cc2)O1)C(c1ccccc1)c1ccccc1. The van der Waals surface area contributed by atoms with Gasteiger partial charge in [0.2, 0.25) is 15.7 Å². The number of ether oxygens (including phenoxy) is 2. The molecule has 3 aromatic carbocycles. The van der Waals surface area contributed by atoms with E-state index in [4.69, 9.17) is 15.2 Å². The molecule has 1 fully saturated rings. The normalized spacial score (nSPS) is 17.8. The summed E-state index contributed by atoms with van der Waals surface area (Å²) in [7, 11) is -2.41. The van der Waals surface area contributed by atoms with Crippen molar-refractivity contribution in [3.8, 4) is 0 Å². The van der Waals surface area contributed by atoms with Gasteiger partial charge in [-0.05, 0) is 54.7 Å². The summed E-state index contributed by atoms with van der Waals surface area (Å²) in [6, 6.07) is 24.3. The molecular formula is C31H38N4O6S. The van der Waals surface area contributed by atoms with Crippen LogP contribution in [0.2, 0.25) is 0 Å². The number of methoxy groups -OCH3 is 1. The summed E-state index contributed by atoms with van der Waals surface area (Å²) >= 11 is 0. The van der Waals surface area contributed by atoms with Gasteiger partial charge in [0.15, 0.2) is 5.44 Å². The standard InChI is InChI=1S/C31H38N4O6S/c1-40-31(37)35-29(28(22-10-4-2-5-11-22)23-12-6-3-7-13-23)30(36)34-19-9-8-14-25-20-33-21-27(41-25)42(38,39)26-17-15-24(32)16-18-26/h2-7,10-13,15-18,25,27-29,33H,8-9,14,19-21,32H2,1H3,(H,34,36)(H,35,37). The van der Waals surface area contributed by atoms with Crippen molar-refractivity contribution in [3.05, 3.63) is 96.1 Å². The molecule has 3 aromatic rings. The van der Waals surface area contributed by atoms with E-state index >= 15 is 0 Å². The first-order chi connectivity index (χ1) is 20.3. The van der Waals surface area contributed by atoms with E-state index in [1.54, 1.807) is 12.1 Å². The van der Waals surface area contributed by atoms with Gasteiger partial charge in [-0.2, -0.15) is 0 Å². The van der Waals surface area contributed by atoms with Crippen molar-refractivity contribution in [1.29, 1.82) is 0 Å². The fourth-order valence-corrected chi connectivity index (χ4v) is 6.50. The zero-order valence-electron chi connectivity index (χ0n) is 23.6. The molecule has 3 atom stereocenters. The third-order valence-electron chi connectivity index (χ3n) is 7.23. The summed E-state index contributed by atoms with van der Waals surface area (Å²) in [6.07, 6.45) is 0.997. The van der Waals surface area contributed by atoms with Crippen molar-refractivity contribution in [3.63, 3.8) is 0 Å². The number of benzene rings is 3. The lowest BCUT2D eigenvalue weighted by Crippen LogP contribution is -2.50. The highest BCUT2D eigenvalue weighted by atomic mass is 32.2. The van der Waals surface area contributed by atoms with E-state index in [0.717, 1.165) is 11.1 Å². The van der Waals surface area contributed by atoms with Gasteiger partial charge in [0.05, 0.1) is 18.1 Å². The van der Waals surface area contributed by atoms with Crippen LogP contribution in [0.1, 0.15) is 36.3 Å². The number of hydrogen-bond donors (Lipinski definition) is 4. The third kappa shape index (κ3) is 8.09. The van der Waals surface area contributed by atoms with Gasteiger partial charge in [0.1, 0.15) is 6.04 Å². The third-order valence-corrected chi connectivity index (χ3v) is 9.13. The summed E-state index contributed by atoms with van der Waals surface area (Å²) in [5, 5.41) is 8.85. The number of morpholine rings is 1. The molecule has 1 aliphatic heterocycles. The fraction of sp³-hybridized carbons (Fsp3) is 0.355. The first-order valence-electron chi connectivity index (χ1n) is 14.0. The highest BCUT2D eigenvalue weighted by Crippen LogP contribution is 2.29. The van der Waals surface area contributed by atoms with E-state index in [1.807, 2.05) is 60.7 Å². The number of sulfone groups is 1. The second-order valence-electron chi connectivity index (χ2n) is 10.2. The highest BCUT2D eigenvalue weighted by molar-refractivity contribution is 7.92. The smallest absolute Gasteiger partial charge is 0.407 e. The van der Waals surface area contributed by atoms with E-state index in [9.17, 15) is 18.0 Å². The number of carbonyl (C=O) groups excluding carboxylic acids is 2. The zero-order valence-corrected chi connectivity index (χ0v) is 24.4. The molecule has 5 N–H and O–H groups in total. The molecule has 10 nitrogen and oxygen atoms in total. The van der Waals surface area contributed by atoms with E-state index in [0.29, 0.717) is 38.0 Å². The summed E-state index contributed by atoms with van der Waals surface area (Å²) in [4.78, 5) is 25.9. The van der Waals surface area contributed by atoms with Crippen LogP contribution in [0.15, 0.2) is 89.8 Å². The number of hydrogen-bond acceptors (Lipinski definition) is 8. The second kappa shape index (κ2) is 14.8. The Labute approximate surface area is 246 Å². The van der Waals surface area contributed by atoms with Crippen LogP contribution in [-0.2, 0) is 24.1 Å². The van der Waals surface area contributed by atoms with Crippen molar-refractivity contribution in [2.24, 2.45) is 0 Å². The molecule has 1 heterocycles. The molecule has 1 saturated heterocycles. The molecule has 0 spiro atoms. The quantitative estimate of drug-likeness (QED) is 0.185. The minimum Gasteiger partial charge on any atom is -0.453 e. The van der Waals surface area contributed by atoms with Crippen LogP contribution >= 0.6 is 0 Å². The van der Waals surface area contributed by atoms with E-state index < -0.39 is 33.3 Å². The van der Waals surface area contributed by atoms with Gasteiger partial charge in [-0.1, -0.05) is 60.7 Å². The number of anilines is 1. The summed E-state index contributed by atoms with van der Waals surface area (Å²) in [5.41, 5.74) is 6.95. The van der Waals surface area contributed by atoms with Crippen LogP contribution in [0.4, 0.5) is 10.5 Å². The van der Waals surface area contributed by atoms with Crippen LogP contribution in [-0.4, -0.2) is 64.7 Å². The van der Waals surface area contributed by atoms with Crippen molar-refractivity contribution < 1.29 is 27.5 Å². The minimum atomic E-state index is -3.68. The van der Waals surface area contributed by atoms with E-state index in [-0.39, 0.29) is 23.5 Å². The van der Waals surface area contributed by atoms with Crippen molar-refractivity contribution in [2.75, 3.05) is 32.5 Å². The van der Waals surface area contributed by atoms with E-state index in [2.05, 4.69) is 16.0 Å². The number of carbonyl (C=O) groups is 2. The number of nitrogens with one attached hydrogen (secondary N) is 3. The van der Waals surface area contributed by atoms with Crippen LogP contribution in [0, 0.1) is 0 Å². The molecule has 11 heteroatoms. The lowest BCUT2D eigenvalue weighted by Gasteiger charge is -2.30. The van der Waals surface area contributed by atoms with Crippen molar-refractivity contribution in [2.45, 2.75) is 47.7 Å². The monoisotopic (exact) mass is 594 g/mol. The highest BCUT2D eigenvalue weighted by Gasteiger charge is 2.34. The number of unbranched alkanes of at least 4 members (excludes halogenated alkanes) is 1. The predicted octanol–water partition coefficient (Wildman–Crippen LogP) is 3.20. The Morgan fingerprint density at radius 3 is 2.17 bits per heavy atom. The Balaban J connectivity index is 1.34. The minimum absolute atomic E-state index is 0.172. The number of rotatable bonds is 12. The van der Waals surface area contributed by atoms with Gasteiger partial charge in [-0.25, -0.2) is 13.2 Å². The maximum atomic E-state index is 13.5. The molecule has 4 rings (SSSR count). The molecule has 1 aliphatic rings. The maximum Gasteiger partial charge on any atom is 0.407 e. The Hall–Kier alpha value is -3.93. The van der Waals surface area contributed by atoms with Gasteiger partial charge in [-0.15, -0.1) is 0 Å². The average Bonchev–Trinajstić information content (AvgIpc) is 3.01. The lowest BCUT2D eigenvalue weighted by molar-refractivity contribution is -0.123. The Morgan fingerprint density at radius 1 is 0.952 bits per heavy atom. The largest absolute Gasteiger partial charge is 0.453 e. The Kier molecular flexibility index (Phi) is 10.9. The molecular weight excluding hydrogens is 556 g/mol. The topological polar surface area (TPSA) is 149 Å². The van der Waals surface area contributed by atoms with Gasteiger partial charge in [-0.3, -0.25) is 4.79 Å². The van der Waals surface area contributed by atoms with Crippen LogP contribution in [0.5, 0.6) is 0 Å². The van der Waals surface area contributed by atoms with Gasteiger partial charge in [0.25, 0.3) is 0 Å². The number of amides is 2. The van der Waals surface area contributed by atoms with Crippen LogP contribution < -0.4 is 21.7 Å². The molecule has 0 bridgehead atoms. The molecule has 0 radical (unpaired) electrons. The zero-order chi connectivity index (χ0) is 30.0. The molecule has 224 valence electrons. The molecule has 42 heavy (non-hydrogen) atoms. The molecule has 2 amide bonds. The summed E-state index contributed by atoms with van der Waals surface area (Å²) in [5.74, 6) is -0.767.